The molecule has 2 heteroatoms. The van der Waals surface area contributed by atoms with Crippen LogP contribution < -0.4 is 0 Å². The Morgan fingerprint density at radius 1 is 1.31 bits per heavy atom. The summed E-state index contributed by atoms with van der Waals surface area (Å²) < 4.78 is 1.30. The monoisotopic (exact) mass is 191 g/mol. The minimum absolute atomic E-state index is 0.540. The van der Waals surface area contributed by atoms with E-state index in [9.17, 15) is 0 Å². The second-order valence-electron chi connectivity index (χ2n) is 3.68. The first-order valence-corrected chi connectivity index (χ1v) is 5.35. The van der Waals surface area contributed by atoms with Gasteiger partial charge in [0.2, 0.25) is 0 Å². The molecule has 1 heterocycles. The van der Waals surface area contributed by atoms with E-state index in [4.69, 9.17) is 0 Å². The van der Waals surface area contributed by atoms with Crippen LogP contribution in [0.1, 0.15) is 30.3 Å². The van der Waals surface area contributed by atoms with E-state index in [0.29, 0.717) is 5.92 Å². The number of fused-ring (bicyclic) bond motifs is 1. The Balaban J connectivity index is 2.62. The zero-order valence-electron chi connectivity index (χ0n) is 8.16. The fraction of sp³-hybridized carbons (Fsp3) is 0.364. The second kappa shape index (κ2) is 3.11. The molecule has 1 aromatic carbocycles. The summed E-state index contributed by atoms with van der Waals surface area (Å²) in [5.41, 5.74) is 2.43. The average molecular weight is 191 g/mol. The summed E-state index contributed by atoms with van der Waals surface area (Å²) >= 11 is 1.80. The molecule has 2 rings (SSSR count). The third-order valence-corrected chi connectivity index (χ3v) is 3.39. The molecular weight excluding hydrogens is 178 g/mol. The summed E-state index contributed by atoms with van der Waals surface area (Å²) in [5.74, 6) is 0.540. The quantitative estimate of drug-likeness (QED) is 0.669. The molecule has 0 atom stereocenters. The first kappa shape index (κ1) is 8.70. The molecule has 68 valence electrons. The topological polar surface area (TPSA) is 12.9 Å². The third kappa shape index (κ3) is 1.59. The van der Waals surface area contributed by atoms with Gasteiger partial charge in [0.25, 0.3) is 0 Å². The molecule has 1 nitrogen and oxygen atoms in total. The van der Waals surface area contributed by atoms with Crippen molar-refractivity contribution >= 4 is 21.6 Å². The number of rotatable bonds is 1. The van der Waals surface area contributed by atoms with E-state index in [1.807, 2.05) is 0 Å². The van der Waals surface area contributed by atoms with E-state index < -0.39 is 0 Å². The molecule has 0 aliphatic rings. The molecule has 0 aliphatic heterocycles. The number of aromatic nitrogens is 1. The van der Waals surface area contributed by atoms with Crippen molar-refractivity contribution in [3.8, 4) is 0 Å². The number of nitrogens with zero attached hydrogens (tertiary/aromatic N) is 1. The zero-order chi connectivity index (χ0) is 9.42. The highest BCUT2D eigenvalue weighted by molar-refractivity contribution is 7.18. The standard InChI is InChI=1S/C11H13NS/c1-7(2)11-12-9-6-8(3)4-5-10(9)13-11/h4-7H,1-3H3. The maximum absolute atomic E-state index is 4.59. The predicted molar refractivity (Wildman–Crippen MR) is 58.4 cm³/mol. The van der Waals surface area contributed by atoms with Crippen molar-refractivity contribution in [2.45, 2.75) is 26.7 Å². The number of thiazole rings is 1. The fourth-order valence-electron chi connectivity index (χ4n) is 1.30. The Hall–Kier alpha value is -0.890. The lowest BCUT2D eigenvalue weighted by molar-refractivity contribution is 0.857. The maximum atomic E-state index is 4.59. The highest BCUT2D eigenvalue weighted by atomic mass is 32.1. The van der Waals surface area contributed by atoms with E-state index in [1.54, 1.807) is 11.3 Å². The molecule has 0 saturated carbocycles. The maximum Gasteiger partial charge on any atom is 0.0963 e. The first-order valence-electron chi connectivity index (χ1n) is 4.54. The molecule has 13 heavy (non-hydrogen) atoms. The third-order valence-electron chi connectivity index (χ3n) is 2.05. The Morgan fingerprint density at radius 3 is 2.77 bits per heavy atom. The van der Waals surface area contributed by atoms with Gasteiger partial charge in [0, 0.05) is 5.92 Å². The van der Waals surface area contributed by atoms with Crippen molar-refractivity contribution < 1.29 is 0 Å². The Labute approximate surface area is 82.4 Å². The van der Waals surface area contributed by atoms with Gasteiger partial charge in [-0.2, -0.15) is 0 Å². The molecule has 0 saturated heterocycles. The van der Waals surface area contributed by atoms with Gasteiger partial charge in [0.1, 0.15) is 0 Å². The van der Waals surface area contributed by atoms with Crippen LogP contribution in [-0.2, 0) is 0 Å². The molecule has 0 fully saturated rings. The number of benzene rings is 1. The summed E-state index contributed by atoms with van der Waals surface area (Å²) in [5, 5.41) is 1.24. The smallest absolute Gasteiger partial charge is 0.0963 e. The molecule has 1 aromatic heterocycles. The zero-order valence-corrected chi connectivity index (χ0v) is 8.98. The van der Waals surface area contributed by atoms with Crippen LogP contribution in [0.4, 0.5) is 0 Å². The highest BCUT2D eigenvalue weighted by Gasteiger charge is 2.06. The minimum Gasteiger partial charge on any atom is -0.241 e. The molecule has 0 spiro atoms. The van der Waals surface area contributed by atoms with Gasteiger partial charge in [-0.05, 0) is 24.6 Å². The molecular formula is C11H13NS. The normalized spacial score (nSPS) is 11.4. The average Bonchev–Trinajstić information content (AvgIpc) is 2.46. The van der Waals surface area contributed by atoms with Crippen LogP contribution in [0.15, 0.2) is 18.2 Å². The van der Waals surface area contributed by atoms with Crippen LogP contribution >= 0.6 is 11.3 Å². The number of hydrogen-bond acceptors (Lipinski definition) is 2. The largest absolute Gasteiger partial charge is 0.241 e. The van der Waals surface area contributed by atoms with Gasteiger partial charge in [-0.3, -0.25) is 0 Å². The van der Waals surface area contributed by atoms with Crippen LogP contribution in [-0.4, -0.2) is 4.98 Å². The molecule has 0 amide bonds. The number of aryl methyl sites for hydroxylation is 1. The highest BCUT2D eigenvalue weighted by Crippen LogP contribution is 2.27. The minimum atomic E-state index is 0.540. The molecule has 0 radical (unpaired) electrons. The molecule has 0 N–H and O–H groups in total. The van der Waals surface area contributed by atoms with Crippen molar-refractivity contribution in [2.24, 2.45) is 0 Å². The van der Waals surface area contributed by atoms with E-state index in [2.05, 4.69) is 44.0 Å². The Morgan fingerprint density at radius 2 is 2.08 bits per heavy atom. The molecule has 2 aromatic rings. The first-order chi connectivity index (χ1) is 6.16. The van der Waals surface area contributed by atoms with E-state index >= 15 is 0 Å². The SMILES string of the molecule is Cc1ccc2sc(C(C)C)nc2c1. The summed E-state index contributed by atoms with van der Waals surface area (Å²) in [6, 6.07) is 6.45. The van der Waals surface area contributed by atoms with E-state index in [-0.39, 0.29) is 0 Å². The van der Waals surface area contributed by atoms with Crippen molar-refractivity contribution in [2.75, 3.05) is 0 Å². The van der Waals surface area contributed by atoms with Crippen LogP contribution in [0.25, 0.3) is 10.2 Å². The van der Waals surface area contributed by atoms with Crippen LogP contribution in [0, 0.1) is 6.92 Å². The van der Waals surface area contributed by atoms with E-state index in [1.165, 1.54) is 15.3 Å². The summed E-state index contributed by atoms with van der Waals surface area (Å²) in [6.07, 6.45) is 0. The lowest BCUT2D eigenvalue weighted by Gasteiger charge is -1.94. The van der Waals surface area contributed by atoms with Crippen molar-refractivity contribution in [1.82, 2.24) is 4.98 Å². The molecule has 0 bridgehead atoms. The van der Waals surface area contributed by atoms with Crippen LogP contribution in [0.5, 0.6) is 0 Å². The van der Waals surface area contributed by atoms with Crippen molar-refractivity contribution in [1.29, 1.82) is 0 Å². The lowest BCUT2D eigenvalue weighted by atomic mass is 10.2. The summed E-state index contributed by atoms with van der Waals surface area (Å²) in [6.45, 7) is 6.48. The molecule has 0 unspecified atom stereocenters. The van der Waals surface area contributed by atoms with Crippen LogP contribution in [0.2, 0.25) is 0 Å². The Bertz CT molecular complexity index is 429. The van der Waals surface area contributed by atoms with E-state index in [0.717, 1.165) is 5.52 Å². The van der Waals surface area contributed by atoms with Crippen LogP contribution in [0.3, 0.4) is 0 Å². The Kier molecular flexibility index (Phi) is 2.08. The van der Waals surface area contributed by atoms with Crippen molar-refractivity contribution in [3.05, 3.63) is 28.8 Å². The van der Waals surface area contributed by atoms with Gasteiger partial charge in [-0.25, -0.2) is 4.98 Å². The van der Waals surface area contributed by atoms with Gasteiger partial charge >= 0.3 is 0 Å². The summed E-state index contributed by atoms with van der Waals surface area (Å²) in [7, 11) is 0. The van der Waals surface area contributed by atoms with Crippen molar-refractivity contribution in [3.63, 3.8) is 0 Å². The predicted octanol–water partition coefficient (Wildman–Crippen LogP) is 3.73. The number of hydrogen-bond donors (Lipinski definition) is 0. The second-order valence-corrected chi connectivity index (χ2v) is 4.74. The molecule has 0 aliphatic carbocycles. The summed E-state index contributed by atoms with van der Waals surface area (Å²) in [4.78, 5) is 4.59. The van der Waals surface area contributed by atoms with Gasteiger partial charge < -0.3 is 0 Å². The van der Waals surface area contributed by atoms with Gasteiger partial charge in [-0.1, -0.05) is 19.9 Å². The van der Waals surface area contributed by atoms with Gasteiger partial charge in [0.15, 0.2) is 0 Å². The lowest BCUT2D eigenvalue weighted by Crippen LogP contribution is -1.83. The van der Waals surface area contributed by atoms with Gasteiger partial charge in [-0.15, -0.1) is 11.3 Å². The van der Waals surface area contributed by atoms with Gasteiger partial charge in [0.05, 0.1) is 15.2 Å². The fourth-order valence-corrected chi connectivity index (χ4v) is 2.25.